The number of carbonyl (C=O) groups is 1. The molecule has 0 radical (unpaired) electrons. The molecule has 0 aliphatic carbocycles. The minimum Gasteiger partial charge on any atom is -0.462 e. The molecule has 9 heteroatoms. The van der Waals surface area contributed by atoms with Crippen molar-refractivity contribution in [2.45, 2.75) is 31.0 Å². The summed E-state index contributed by atoms with van der Waals surface area (Å²) in [5.74, 6) is -0.191. The third-order valence-electron chi connectivity index (χ3n) is 6.33. The Morgan fingerprint density at radius 3 is 2.32 bits per heavy atom. The van der Waals surface area contributed by atoms with Crippen LogP contribution in [-0.2, 0) is 24.2 Å². The first-order chi connectivity index (χ1) is 16.4. The quantitative estimate of drug-likeness (QED) is 0.355. The van der Waals surface area contributed by atoms with E-state index in [1.165, 1.54) is 4.31 Å². The van der Waals surface area contributed by atoms with Crippen molar-refractivity contribution in [2.75, 3.05) is 33.9 Å². The molecule has 2 aromatic carbocycles. The average Bonchev–Trinajstić information content (AvgIpc) is 3.30. The number of aromatic nitrogens is 1. The molecule has 0 N–H and O–H groups in total. The lowest BCUT2D eigenvalue weighted by molar-refractivity contribution is -0.144. The van der Waals surface area contributed by atoms with Crippen molar-refractivity contribution in [3.63, 3.8) is 0 Å². The van der Waals surface area contributed by atoms with Crippen molar-refractivity contribution in [1.29, 1.82) is 0 Å². The van der Waals surface area contributed by atoms with E-state index >= 15 is 0 Å². The topological polar surface area (TPSA) is 87.1 Å². The molecule has 1 aliphatic rings. The van der Waals surface area contributed by atoms with Gasteiger partial charge in [0.2, 0.25) is 10.0 Å². The van der Waals surface area contributed by atoms with E-state index in [1.807, 2.05) is 29.0 Å². The Morgan fingerprint density at radius 1 is 1.03 bits per heavy atom. The van der Waals surface area contributed by atoms with E-state index in [4.69, 9.17) is 14.2 Å². The molecule has 0 amide bonds. The van der Waals surface area contributed by atoms with Crippen molar-refractivity contribution >= 4 is 26.9 Å². The first kappa shape index (κ1) is 24.4. The fraction of sp³-hybridized carbons (Fsp3) is 0.400. The summed E-state index contributed by atoms with van der Waals surface area (Å²) < 4.78 is 45.7. The Kier molecular flexibility index (Phi) is 7.37. The predicted molar refractivity (Wildman–Crippen MR) is 129 cm³/mol. The van der Waals surface area contributed by atoms with Crippen LogP contribution in [0.25, 0.3) is 16.6 Å². The van der Waals surface area contributed by atoms with Crippen molar-refractivity contribution < 1.29 is 27.4 Å². The molecular weight excluding hydrogens is 456 g/mol. The summed E-state index contributed by atoms with van der Waals surface area (Å²) in [6, 6.07) is 14.2. The summed E-state index contributed by atoms with van der Waals surface area (Å²) in [6.07, 6.45) is 2.91. The fourth-order valence-electron chi connectivity index (χ4n) is 4.58. The van der Waals surface area contributed by atoms with Crippen LogP contribution in [0.5, 0.6) is 0 Å². The number of nitrogens with zero attached hydrogens (tertiary/aromatic N) is 2. The highest BCUT2D eigenvalue weighted by Crippen LogP contribution is 2.29. The van der Waals surface area contributed by atoms with Gasteiger partial charge in [0, 0.05) is 50.5 Å². The number of esters is 1. The SMILES string of the molecule is CCOC(=O)c1cccc2c1ccn2-c1ccc(S(=O)(=O)N2CCC(C(OC)OC)CC2)cc1. The number of piperidine rings is 1. The molecule has 0 atom stereocenters. The second-order valence-electron chi connectivity index (χ2n) is 8.22. The number of sulfonamides is 1. The van der Waals surface area contributed by atoms with Gasteiger partial charge in [-0.15, -0.1) is 0 Å². The zero-order valence-electron chi connectivity index (χ0n) is 19.6. The van der Waals surface area contributed by atoms with Crippen LogP contribution in [0, 0.1) is 5.92 Å². The van der Waals surface area contributed by atoms with Crippen molar-refractivity contribution in [2.24, 2.45) is 5.92 Å². The van der Waals surface area contributed by atoms with E-state index in [0.717, 1.165) is 16.6 Å². The van der Waals surface area contributed by atoms with Gasteiger partial charge in [0.1, 0.15) is 0 Å². The minimum atomic E-state index is -3.60. The maximum absolute atomic E-state index is 13.2. The van der Waals surface area contributed by atoms with E-state index in [-0.39, 0.29) is 23.1 Å². The van der Waals surface area contributed by atoms with Crippen molar-refractivity contribution in [1.82, 2.24) is 8.87 Å². The van der Waals surface area contributed by atoms with Gasteiger partial charge in [-0.05, 0) is 62.2 Å². The molecule has 0 unspecified atom stereocenters. The molecule has 0 saturated carbocycles. The maximum Gasteiger partial charge on any atom is 0.338 e. The fourth-order valence-corrected chi connectivity index (χ4v) is 6.05. The number of rotatable bonds is 8. The molecule has 3 aromatic rings. The molecule has 1 aromatic heterocycles. The van der Waals surface area contributed by atoms with Crippen LogP contribution in [0.2, 0.25) is 0 Å². The van der Waals surface area contributed by atoms with Gasteiger partial charge >= 0.3 is 5.97 Å². The van der Waals surface area contributed by atoms with E-state index in [9.17, 15) is 13.2 Å². The molecule has 8 nitrogen and oxygen atoms in total. The normalized spacial score (nSPS) is 15.8. The monoisotopic (exact) mass is 486 g/mol. The number of hydrogen-bond acceptors (Lipinski definition) is 6. The second-order valence-corrected chi connectivity index (χ2v) is 10.2. The molecule has 1 saturated heterocycles. The van der Waals surface area contributed by atoms with Crippen molar-refractivity contribution in [3.8, 4) is 5.69 Å². The van der Waals surface area contributed by atoms with E-state index < -0.39 is 10.0 Å². The summed E-state index contributed by atoms with van der Waals surface area (Å²) >= 11 is 0. The van der Waals surface area contributed by atoms with Crippen LogP contribution in [0.1, 0.15) is 30.1 Å². The summed E-state index contributed by atoms with van der Waals surface area (Å²) in [5.41, 5.74) is 2.15. The summed E-state index contributed by atoms with van der Waals surface area (Å²) in [7, 11) is -0.392. The third kappa shape index (κ3) is 4.61. The third-order valence-corrected chi connectivity index (χ3v) is 8.24. The van der Waals surface area contributed by atoms with Gasteiger partial charge in [-0.25, -0.2) is 13.2 Å². The molecule has 182 valence electrons. The maximum atomic E-state index is 13.2. The molecule has 34 heavy (non-hydrogen) atoms. The van der Waals surface area contributed by atoms with Gasteiger partial charge in [0.25, 0.3) is 0 Å². The minimum absolute atomic E-state index is 0.172. The molecule has 0 bridgehead atoms. The standard InChI is InChI=1S/C25H30N2O6S/c1-4-33-24(28)22-6-5-7-23-21(22)14-17-27(23)19-8-10-20(11-9-19)34(29,30)26-15-12-18(13-16-26)25(31-2)32-3/h5-11,14,17-18,25H,4,12-13,15-16H2,1-3H3. The number of fused-ring (bicyclic) bond motifs is 1. The Labute approximate surface area is 200 Å². The zero-order valence-corrected chi connectivity index (χ0v) is 20.5. The van der Waals surface area contributed by atoms with Crippen LogP contribution >= 0.6 is 0 Å². The highest BCUT2D eigenvalue weighted by atomic mass is 32.2. The Morgan fingerprint density at radius 2 is 1.71 bits per heavy atom. The molecule has 1 aliphatic heterocycles. The van der Waals surface area contributed by atoms with E-state index in [2.05, 4.69) is 0 Å². The van der Waals surface area contributed by atoms with Crippen LogP contribution in [0.3, 0.4) is 0 Å². The van der Waals surface area contributed by atoms with Gasteiger partial charge in [-0.2, -0.15) is 4.31 Å². The summed E-state index contributed by atoms with van der Waals surface area (Å²) in [6.45, 7) is 2.94. The Hall–Kier alpha value is -2.72. The molecule has 4 rings (SSSR count). The lowest BCUT2D eigenvalue weighted by Gasteiger charge is -2.34. The zero-order chi connectivity index (χ0) is 24.3. The average molecular weight is 487 g/mol. The van der Waals surface area contributed by atoms with Gasteiger partial charge in [0.05, 0.1) is 22.6 Å². The lowest BCUT2D eigenvalue weighted by atomic mass is 9.97. The Balaban J connectivity index is 1.54. The Bertz CT molecular complexity index is 1240. The first-order valence-electron chi connectivity index (χ1n) is 11.3. The number of methoxy groups -OCH3 is 2. The number of carbonyl (C=O) groups excluding carboxylic acids is 1. The van der Waals surface area contributed by atoms with Crippen LogP contribution in [-0.4, -0.2) is 63.5 Å². The lowest BCUT2D eigenvalue weighted by Crippen LogP contribution is -2.42. The number of ether oxygens (including phenoxy) is 3. The van der Waals surface area contributed by atoms with E-state index in [0.29, 0.717) is 38.1 Å². The van der Waals surface area contributed by atoms with Gasteiger partial charge < -0.3 is 18.8 Å². The predicted octanol–water partition coefficient (Wildman–Crippen LogP) is 3.83. The second kappa shape index (κ2) is 10.3. The first-order valence-corrected chi connectivity index (χ1v) is 12.8. The highest BCUT2D eigenvalue weighted by molar-refractivity contribution is 7.89. The molecule has 0 spiro atoms. The molecule has 1 fully saturated rings. The van der Waals surface area contributed by atoms with Gasteiger partial charge in [-0.3, -0.25) is 0 Å². The van der Waals surface area contributed by atoms with Crippen LogP contribution < -0.4 is 0 Å². The largest absolute Gasteiger partial charge is 0.462 e. The summed E-state index contributed by atoms with van der Waals surface area (Å²) in [4.78, 5) is 12.5. The van der Waals surface area contributed by atoms with Crippen LogP contribution in [0.4, 0.5) is 0 Å². The summed E-state index contributed by atoms with van der Waals surface area (Å²) in [5, 5.41) is 0.783. The molecule has 2 heterocycles. The van der Waals surface area contributed by atoms with Crippen LogP contribution in [0.15, 0.2) is 59.6 Å². The smallest absolute Gasteiger partial charge is 0.338 e. The van der Waals surface area contributed by atoms with Gasteiger partial charge in [-0.1, -0.05) is 6.07 Å². The number of hydrogen-bond donors (Lipinski definition) is 0. The highest BCUT2D eigenvalue weighted by Gasteiger charge is 2.32. The van der Waals surface area contributed by atoms with E-state index in [1.54, 1.807) is 51.5 Å². The number of benzene rings is 2. The molecular formula is C25H30N2O6S. The van der Waals surface area contributed by atoms with Gasteiger partial charge in [0.15, 0.2) is 6.29 Å². The van der Waals surface area contributed by atoms with Crippen molar-refractivity contribution in [3.05, 3.63) is 60.3 Å².